The van der Waals surface area contributed by atoms with E-state index in [1.165, 1.54) is 11.3 Å². The van der Waals surface area contributed by atoms with Crippen LogP contribution in [0.3, 0.4) is 0 Å². The largest absolute Gasteiger partial charge is 0.318 e. The van der Waals surface area contributed by atoms with Gasteiger partial charge >= 0.3 is 0 Å². The first kappa shape index (κ1) is 11.8. The van der Waals surface area contributed by atoms with Crippen LogP contribution in [0.4, 0.5) is 0 Å². The predicted molar refractivity (Wildman–Crippen MR) is 76.2 cm³/mol. The lowest BCUT2D eigenvalue weighted by molar-refractivity contribution is 1.21. The van der Waals surface area contributed by atoms with E-state index in [1.807, 2.05) is 29.0 Å². The van der Waals surface area contributed by atoms with Gasteiger partial charge in [-0.05, 0) is 17.5 Å². The van der Waals surface area contributed by atoms with Crippen molar-refractivity contribution in [2.24, 2.45) is 0 Å². The van der Waals surface area contributed by atoms with E-state index in [2.05, 4.69) is 9.97 Å². The molecule has 0 unspecified atom stereocenters. The van der Waals surface area contributed by atoms with Crippen LogP contribution in [0.15, 0.2) is 40.0 Å². The fourth-order valence-corrected chi connectivity index (χ4v) is 3.16. The fourth-order valence-electron chi connectivity index (χ4n) is 1.76. The molecule has 0 aliphatic rings. The normalized spacial score (nSPS) is 10.3. The van der Waals surface area contributed by atoms with Crippen LogP contribution in [0.2, 0.25) is 0 Å². The van der Waals surface area contributed by atoms with Crippen LogP contribution in [0.5, 0.6) is 0 Å². The second-order valence-corrected chi connectivity index (χ2v) is 5.57. The molecule has 0 spiro atoms. The van der Waals surface area contributed by atoms with E-state index >= 15 is 0 Å². The summed E-state index contributed by atoms with van der Waals surface area (Å²) in [5.74, 6) is 0. The van der Waals surface area contributed by atoms with E-state index in [9.17, 15) is 4.79 Å². The van der Waals surface area contributed by atoms with Gasteiger partial charge in [0.25, 0.3) is 5.56 Å². The topological polar surface area (TPSA) is 69.5 Å². The third kappa shape index (κ3) is 2.10. The van der Waals surface area contributed by atoms with Crippen molar-refractivity contribution in [1.29, 1.82) is 5.26 Å². The maximum atomic E-state index is 11.8. The van der Waals surface area contributed by atoms with Gasteiger partial charge in [-0.1, -0.05) is 6.07 Å². The second-order valence-electron chi connectivity index (χ2n) is 3.73. The van der Waals surface area contributed by atoms with E-state index in [0.717, 1.165) is 15.4 Å². The molecule has 0 amide bonds. The van der Waals surface area contributed by atoms with Gasteiger partial charge in [-0.15, -0.1) is 22.7 Å². The number of aromatic amines is 1. The molecule has 3 aromatic rings. The zero-order valence-corrected chi connectivity index (χ0v) is 11.2. The van der Waals surface area contributed by atoms with Crippen LogP contribution in [-0.2, 0) is 0 Å². The first-order valence-electron chi connectivity index (χ1n) is 5.41. The Labute approximate surface area is 116 Å². The third-order valence-electron chi connectivity index (χ3n) is 2.59. The minimum Gasteiger partial charge on any atom is -0.318 e. The quantitative estimate of drug-likeness (QED) is 0.786. The number of thiophene rings is 1. The lowest BCUT2D eigenvalue weighted by Gasteiger charge is -2.05. The van der Waals surface area contributed by atoms with Gasteiger partial charge in [0.2, 0.25) is 0 Å². The average molecular weight is 285 g/mol. The highest BCUT2D eigenvalue weighted by Crippen LogP contribution is 2.33. The number of nitrogens with zero attached hydrogens (tertiary/aromatic N) is 2. The molecule has 4 nitrogen and oxygen atoms in total. The number of H-pyrrole nitrogens is 1. The van der Waals surface area contributed by atoms with Gasteiger partial charge in [-0.2, -0.15) is 5.26 Å². The van der Waals surface area contributed by atoms with Crippen LogP contribution in [0, 0.1) is 11.3 Å². The Morgan fingerprint density at radius 2 is 2.21 bits per heavy atom. The number of thiazole rings is 1. The number of hydrogen-bond donors (Lipinski definition) is 1. The Morgan fingerprint density at radius 3 is 2.84 bits per heavy atom. The molecule has 0 saturated carbocycles. The van der Waals surface area contributed by atoms with Crippen molar-refractivity contribution >= 4 is 22.7 Å². The number of hydrogen-bond acceptors (Lipinski definition) is 5. The molecule has 0 aromatic carbocycles. The molecule has 3 rings (SSSR count). The van der Waals surface area contributed by atoms with Gasteiger partial charge in [0, 0.05) is 22.0 Å². The van der Waals surface area contributed by atoms with E-state index in [-0.39, 0.29) is 11.1 Å². The zero-order valence-electron chi connectivity index (χ0n) is 9.58. The van der Waals surface area contributed by atoms with E-state index in [4.69, 9.17) is 5.26 Å². The van der Waals surface area contributed by atoms with Crippen molar-refractivity contribution in [3.63, 3.8) is 0 Å². The smallest absolute Gasteiger partial charge is 0.266 e. The molecule has 1 N–H and O–H groups in total. The van der Waals surface area contributed by atoms with Gasteiger partial charge in [0.1, 0.15) is 16.6 Å². The van der Waals surface area contributed by atoms with Gasteiger partial charge in [-0.3, -0.25) is 4.79 Å². The minimum absolute atomic E-state index is 0.115. The van der Waals surface area contributed by atoms with Gasteiger partial charge in [-0.25, -0.2) is 4.98 Å². The number of aromatic nitrogens is 2. The van der Waals surface area contributed by atoms with Crippen molar-refractivity contribution < 1.29 is 0 Å². The van der Waals surface area contributed by atoms with E-state index in [0.29, 0.717) is 5.69 Å². The highest BCUT2D eigenvalue weighted by Gasteiger charge is 2.14. The highest BCUT2D eigenvalue weighted by molar-refractivity contribution is 7.14. The molecule has 92 valence electrons. The standard InChI is InChI=1S/C13H7N3OS2/c14-7-8-6-9(10-2-1-4-18-10)11(16-12(8)17)13-15-3-5-19-13/h1-6H,(H,16,17). The molecule has 0 aliphatic heterocycles. The molecule has 6 heteroatoms. The third-order valence-corrected chi connectivity index (χ3v) is 4.29. The zero-order chi connectivity index (χ0) is 13.2. The number of nitriles is 1. The molecule has 0 aliphatic carbocycles. The Morgan fingerprint density at radius 1 is 1.32 bits per heavy atom. The van der Waals surface area contributed by atoms with E-state index in [1.54, 1.807) is 23.6 Å². The SMILES string of the molecule is N#Cc1cc(-c2cccs2)c(-c2nccs2)[nH]c1=O. The minimum atomic E-state index is -0.381. The molecule has 3 heterocycles. The summed E-state index contributed by atoms with van der Waals surface area (Å²) >= 11 is 3.01. The van der Waals surface area contributed by atoms with Gasteiger partial charge in [0.15, 0.2) is 0 Å². The molecule has 0 bridgehead atoms. The van der Waals surface area contributed by atoms with Crippen LogP contribution < -0.4 is 5.56 Å². The monoisotopic (exact) mass is 285 g/mol. The van der Waals surface area contributed by atoms with Crippen molar-refractivity contribution in [3.05, 3.63) is 51.1 Å². The van der Waals surface area contributed by atoms with Crippen LogP contribution in [0.1, 0.15) is 5.56 Å². The molecule has 0 radical (unpaired) electrons. The van der Waals surface area contributed by atoms with Crippen molar-refractivity contribution in [2.75, 3.05) is 0 Å². The molecule has 0 saturated heterocycles. The van der Waals surface area contributed by atoms with Gasteiger partial charge in [0.05, 0.1) is 5.69 Å². The molecule has 0 fully saturated rings. The van der Waals surface area contributed by atoms with E-state index < -0.39 is 0 Å². The Hall–Kier alpha value is -2.23. The maximum Gasteiger partial charge on any atom is 0.266 e. The lowest BCUT2D eigenvalue weighted by Crippen LogP contribution is -2.11. The first-order valence-corrected chi connectivity index (χ1v) is 7.16. The summed E-state index contributed by atoms with van der Waals surface area (Å²) in [4.78, 5) is 19.8. The number of rotatable bonds is 2. The Bertz CT molecular complexity index is 796. The summed E-state index contributed by atoms with van der Waals surface area (Å²) in [6, 6.07) is 7.43. The van der Waals surface area contributed by atoms with Crippen molar-refractivity contribution in [3.8, 4) is 27.2 Å². The summed E-state index contributed by atoms with van der Waals surface area (Å²) in [6.45, 7) is 0. The van der Waals surface area contributed by atoms with Crippen LogP contribution in [-0.4, -0.2) is 9.97 Å². The molecular formula is C13H7N3OS2. The fraction of sp³-hybridized carbons (Fsp3) is 0. The lowest BCUT2D eigenvalue weighted by atomic mass is 10.1. The van der Waals surface area contributed by atoms with Crippen molar-refractivity contribution in [1.82, 2.24) is 9.97 Å². The number of pyridine rings is 1. The molecule has 3 aromatic heterocycles. The van der Waals surface area contributed by atoms with Crippen LogP contribution >= 0.6 is 22.7 Å². The Kier molecular flexibility index (Phi) is 2.99. The first-order chi connectivity index (χ1) is 9.29. The second kappa shape index (κ2) is 4.80. The van der Waals surface area contributed by atoms with Crippen LogP contribution in [0.25, 0.3) is 21.1 Å². The Balaban J connectivity index is 2.32. The summed E-state index contributed by atoms with van der Waals surface area (Å²) in [5, 5.41) is 13.5. The summed E-state index contributed by atoms with van der Waals surface area (Å²) in [5.41, 5.74) is 1.24. The predicted octanol–water partition coefficient (Wildman–Crippen LogP) is 3.10. The molecule has 19 heavy (non-hydrogen) atoms. The summed E-state index contributed by atoms with van der Waals surface area (Å²) < 4.78 is 0. The summed E-state index contributed by atoms with van der Waals surface area (Å²) in [7, 11) is 0. The average Bonchev–Trinajstić information content (AvgIpc) is 3.11. The van der Waals surface area contributed by atoms with Crippen molar-refractivity contribution in [2.45, 2.75) is 0 Å². The van der Waals surface area contributed by atoms with Gasteiger partial charge < -0.3 is 4.98 Å². The number of nitrogens with one attached hydrogen (secondary N) is 1. The summed E-state index contributed by atoms with van der Waals surface area (Å²) in [6.07, 6.45) is 1.69. The highest BCUT2D eigenvalue weighted by atomic mass is 32.1. The molecule has 0 atom stereocenters. The maximum absolute atomic E-state index is 11.8. The molecular weight excluding hydrogens is 278 g/mol.